The molecule has 0 radical (unpaired) electrons. The number of benzene rings is 2. The SMILES string of the molecule is COc1cc2cc(c1Cl)N(C)C(=O)[C@H](OC(=O)[C@H](C)N(C)C(=O)CCSC(=O)N(C)CCN(C)C(=O)OCc1ccc(NC(=O)OC3/C=C/CCCCC3)c(NC(=O)CCNC(=O)CBr)c1)[C@]1(C)OC1[C@H](C)[C@@H]1C[C@@](O)(NC(=O)O1)[C@H](OC)/C=C/C=C(\C)C2. The van der Waals surface area contributed by atoms with Crippen molar-refractivity contribution < 1.29 is 81.4 Å². The highest BCUT2D eigenvalue weighted by molar-refractivity contribution is 9.09. The van der Waals surface area contributed by atoms with E-state index in [1.165, 1.54) is 64.0 Å². The number of halogens is 2. The lowest BCUT2D eigenvalue weighted by Crippen LogP contribution is -2.63. The highest BCUT2D eigenvalue weighted by Gasteiger charge is 2.66. The molecule has 488 valence electrons. The van der Waals surface area contributed by atoms with Crippen LogP contribution in [0, 0.1) is 5.92 Å². The van der Waals surface area contributed by atoms with Gasteiger partial charge in [-0.25, -0.2) is 19.2 Å². The Labute approximate surface area is 536 Å². The van der Waals surface area contributed by atoms with Crippen LogP contribution < -0.4 is 30.9 Å². The van der Waals surface area contributed by atoms with E-state index in [0.717, 1.165) is 47.9 Å². The van der Waals surface area contributed by atoms with Crippen molar-refractivity contribution in [3.8, 4) is 5.75 Å². The summed E-state index contributed by atoms with van der Waals surface area (Å²) in [6, 6.07) is 6.89. The number of alkyl halides is 1. The second kappa shape index (κ2) is 32.7. The summed E-state index contributed by atoms with van der Waals surface area (Å²) in [6.45, 7) is 6.59. The molecule has 1 aliphatic carbocycles. The summed E-state index contributed by atoms with van der Waals surface area (Å²) in [4.78, 5) is 125. The minimum atomic E-state index is -1.92. The number of methoxy groups -OCH3 is 2. The number of fused-ring (bicyclic) bond motifs is 5. The molecular formula is C61H82BrClN8O17S. The number of epoxide rings is 1. The van der Waals surface area contributed by atoms with Crippen LogP contribution in [-0.2, 0) is 65.4 Å². The number of carbonyl (C=O) groups excluding carboxylic acids is 9. The molecule has 2 aromatic carbocycles. The topological polar surface area (TPSA) is 303 Å². The van der Waals surface area contributed by atoms with Gasteiger partial charge in [0.05, 0.1) is 35.6 Å². The number of nitrogens with zero attached hydrogens (tertiary/aromatic N) is 4. The number of hydrogen-bond acceptors (Lipinski definition) is 18. The number of nitrogens with one attached hydrogen (secondary N) is 4. The molecule has 0 aromatic heterocycles. The number of hydrogen-bond donors (Lipinski definition) is 5. The van der Waals surface area contributed by atoms with E-state index in [2.05, 4.69) is 37.2 Å². The Kier molecular flexibility index (Phi) is 26.2. The van der Waals surface area contributed by atoms with Crippen LogP contribution in [0.5, 0.6) is 5.75 Å². The summed E-state index contributed by atoms with van der Waals surface area (Å²) in [5.41, 5.74) is -0.730. The molecule has 25 nitrogen and oxygen atoms in total. The predicted octanol–water partition coefficient (Wildman–Crippen LogP) is 7.85. The lowest BCUT2D eigenvalue weighted by Gasteiger charge is -2.42. The average molecular weight is 1350 g/mol. The zero-order valence-electron chi connectivity index (χ0n) is 51.9. The molecule has 0 saturated carbocycles. The van der Waals surface area contributed by atoms with E-state index < -0.39 is 101 Å². The number of allylic oxidation sites excluding steroid dienone is 4. The van der Waals surface area contributed by atoms with Crippen LogP contribution in [-0.4, -0.2) is 194 Å². The van der Waals surface area contributed by atoms with Crippen LogP contribution in [0.1, 0.15) is 90.2 Å². The minimum absolute atomic E-state index is 0.0172. The number of amides is 8. The van der Waals surface area contributed by atoms with Gasteiger partial charge in [-0.15, -0.1) is 0 Å². The number of aliphatic hydroxyl groups is 1. The lowest BCUT2D eigenvalue weighted by atomic mass is 9.84. The fourth-order valence-electron chi connectivity index (χ4n) is 10.3. The molecule has 3 heterocycles. The highest BCUT2D eigenvalue weighted by Crippen LogP contribution is 2.49. The highest BCUT2D eigenvalue weighted by atomic mass is 79.9. The van der Waals surface area contributed by atoms with Gasteiger partial charge in [0.15, 0.2) is 5.72 Å². The number of likely N-dealkylation sites (N-methyl/N-ethyl adjacent to an activating group) is 4. The van der Waals surface area contributed by atoms with Crippen LogP contribution >= 0.6 is 39.3 Å². The number of thioether (sulfide) groups is 1. The molecule has 3 aliphatic heterocycles. The van der Waals surface area contributed by atoms with Crippen LogP contribution in [0.3, 0.4) is 0 Å². The van der Waals surface area contributed by atoms with Gasteiger partial charge >= 0.3 is 24.2 Å². The third-order valence-electron chi connectivity index (χ3n) is 15.9. The Hall–Kier alpha value is -6.91. The maximum atomic E-state index is 14.9. The average Bonchev–Trinajstić information content (AvgIpc) is 1.60. The molecule has 0 spiro atoms. The molecular weight excluding hydrogens is 1260 g/mol. The number of ether oxygens (including phenoxy) is 7. The van der Waals surface area contributed by atoms with E-state index in [1.54, 1.807) is 56.3 Å². The molecule has 2 aromatic rings. The molecule has 9 atom stereocenters. The Morgan fingerprint density at radius 2 is 1.71 bits per heavy atom. The summed E-state index contributed by atoms with van der Waals surface area (Å²) in [5, 5.41) is 22.2. The van der Waals surface area contributed by atoms with E-state index >= 15 is 0 Å². The van der Waals surface area contributed by atoms with E-state index in [4.69, 9.17) is 44.8 Å². The summed E-state index contributed by atoms with van der Waals surface area (Å²) in [7, 11) is 8.71. The van der Waals surface area contributed by atoms with Crippen molar-refractivity contribution in [2.75, 3.05) is 88.7 Å². The molecule has 8 amide bonds. The number of carbonyl (C=O) groups is 9. The van der Waals surface area contributed by atoms with Gasteiger partial charge in [-0.2, -0.15) is 0 Å². The molecule has 6 rings (SSSR count). The molecule has 89 heavy (non-hydrogen) atoms. The molecule has 4 bridgehead atoms. The predicted molar refractivity (Wildman–Crippen MR) is 337 cm³/mol. The number of rotatable bonds is 20. The zero-order chi connectivity index (χ0) is 65.3. The lowest BCUT2D eigenvalue weighted by molar-refractivity contribution is -0.165. The standard InChI is InChI=1S/C61H82BrClN8O17S/c1-36-17-16-20-47(83-10)61(81)33-46(86-57(78)67-61)37(2)52-60(4,88-52)53(54(75)71(8)44-31-40(29-36)32-45(82-9)51(44)63)87-55(76)38(3)70(7)50(74)24-28-89-59(80)69(6)27-26-68(5)58(79)84-35-39-21-22-42(43(30-39)65-48(72)23-25-64-49(73)34-62)66-56(77)85-41-18-14-12-11-13-15-19-41/h14,16-18,20-22,30-32,37-38,41,46-47,52-53,81H,11-13,15,19,23-29,33-35H2,1-10H3,(H,64,73)(H,65,72)(H,66,77)(H,67,78)/b18-14+,20-16+,36-17+/t37-,38+,41?,46+,47-,52?,53+,60-,61+/m1/s1. The van der Waals surface area contributed by atoms with Crippen molar-refractivity contribution in [3.63, 3.8) is 0 Å². The molecule has 28 heteroatoms. The molecule has 5 N–H and O–H groups in total. The van der Waals surface area contributed by atoms with Crippen molar-refractivity contribution in [3.05, 3.63) is 82.4 Å². The number of esters is 1. The first-order chi connectivity index (χ1) is 42.2. The van der Waals surface area contributed by atoms with E-state index in [1.807, 2.05) is 25.2 Å². The monoisotopic (exact) mass is 1340 g/mol. The Balaban J connectivity index is 1.04. The summed E-state index contributed by atoms with van der Waals surface area (Å²) < 4.78 is 40.5. The van der Waals surface area contributed by atoms with Crippen molar-refractivity contribution in [2.24, 2.45) is 5.92 Å². The largest absolute Gasteiger partial charge is 0.495 e. The number of alkyl carbamates (subject to hydrolysis) is 1. The molecule has 2 unspecified atom stereocenters. The van der Waals surface area contributed by atoms with E-state index in [0.29, 0.717) is 24.0 Å². The van der Waals surface area contributed by atoms with Gasteiger partial charge in [-0.1, -0.05) is 88.6 Å². The first-order valence-corrected chi connectivity index (χ1v) is 31.7. The van der Waals surface area contributed by atoms with Gasteiger partial charge in [0.25, 0.3) is 11.1 Å². The summed E-state index contributed by atoms with van der Waals surface area (Å²) >= 11 is 10.8. The van der Waals surface area contributed by atoms with Gasteiger partial charge in [0, 0.05) is 85.9 Å². The van der Waals surface area contributed by atoms with E-state index in [9.17, 15) is 48.3 Å². The summed E-state index contributed by atoms with van der Waals surface area (Å²) in [6.07, 6.45) is 6.28. The second-order valence-corrected chi connectivity index (χ2v) is 24.6. The normalized spacial score (nSPS) is 25.0. The smallest absolute Gasteiger partial charge is 0.412 e. The molecule has 4 aliphatic rings. The Morgan fingerprint density at radius 3 is 2.43 bits per heavy atom. The van der Waals surface area contributed by atoms with Gasteiger partial charge in [-0.3, -0.25) is 34.6 Å². The minimum Gasteiger partial charge on any atom is -0.495 e. The third-order valence-corrected chi connectivity index (χ3v) is 17.7. The van der Waals surface area contributed by atoms with Crippen molar-refractivity contribution in [1.29, 1.82) is 0 Å². The van der Waals surface area contributed by atoms with Gasteiger partial charge in [0.1, 0.15) is 47.3 Å². The van der Waals surface area contributed by atoms with Crippen molar-refractivity contribution in [2.45, 2.75) is 140 Å². The Morgan fingerprint density at radius 1 is 0.966 bits per heavy atom. The maximum Gasteiger partial charge on any atom is 0.412 e. The first-order valence-electron chi connectivity index (χ1n) is 29.2. The maximum absolute atomic E-state index is 14.9. The van der Waals surface area contributed by atoms with Crippen LogP contribution in [0.4, 0.5) is 36.2 Å². The third kappa shape index (κ3) is 19.5. The van der Waals surface area contributed by atoms with Crippen LogP contribution in [0.25, 0.3) is 0 Å². The zero-order valence-corrected chi connectivity index (χ0v) is 55.0. The van der Waals surface area contributed by atoms with Crippen molar-refractivity contribution >= 4 is 109 Å². The van der Waals surface area contributed by atoms with Gasteiger partial charge in [0.2, 0.25) is 23.8 Å². The fourth-order valence-corrected chi connectivity index (χ4v) is 11.6. The van der Waals surface area contributed by atoms with Crippen LogP contribution in [0.15, 0.2) is 66.3 Å². The first kappa shape index (κ1) is 71.2. The Bertz CT molecular complexity index is 3030. The van der Waals surface area contributed by atoms with Gasteiger partial charge in [-0.05, 0) is 94.3 Å². The molecule has 2 saturated heterocycles. The molecule has 2 fully saturated rings. The van der Waals surface area contributed by atoms with Gasteiger partial charge < -0.3 is 68.5 Å². The quantitative estimate of drug-likeness (QED) is 0.0277. The fraction of sp³-hybridized carbons (Fsp3) is 0.557. The van der Waals surface area contributed by atoms with E-state index in [-0.39, 0.29) is 90.3 Å². The van der Waals surface area contributed by atoms with Crippen LogP contribution in [0.2, 0.25) is 5.02 Å². The number of anilines is 3. The van der Waals surface area contributed by atoms with Crippen molar-refractivity contribution in [1.82, 2.24) is 25.3 Å². The second-order valence-electron chi connectivity index (χ2n) is 22.6. The summed E-state index contributed by atoms with van der Waals surface area (Å²) in [5.74, 6) is -3.36.